The van der Waals surface area contributed by atoms with Crippen LogP contribution in [0.2, 0.25) is 5.02 Å². The van der Waals surface area contributed by atoms with Crippen LogP contribution in [0.15, 0.2) is 93.3 Å². The maximum absolute atomic E-state index is 13.6. The Balaban J connectivity index is 1.79. The summed E-state index contributed by atoms with van der Waals surface area (Å²) in [6.07, 6.45) is 0. The average Bonchev–Trinajstić information content (AvgIpc) is 3.29. The van der Waals surface area contributed by atoms with Crippen molar-refractivity contribution < 1.29 is 21.2 Å². The molecular weight excluding hydrogens is 553 g/mol. The van der Waals surface area contributed by atoms with Crippen molar-refractivity contribution in [1.82, 2.24) is 10.3 Å². The van der Waals surface area contributed by atoms with Gasteiger partial charge in [0.15, 0.2) is 0 Å². The molecule has 0 bridgehead atoms. The van der Waals surface area contributed by atoms with E-state index in [9.17, 15) is 21.2 Å². The minimum absolute atomic E-state index is 0.109. The number of primary sulfonamides is 1. The molecule has 0 aromatic heterocycles. The van der Waals surface area contributed by atoms with Crippen molar-refractivity contribution in [2.75, 3.05) is 12.3 Å². The number of hydrogen-bond donors (Lipinski definition) is 2. The van der Waals surface area contributed by atoms with Gasteiger partial charge in [0.2, 0.25) is 16.0 Å². The first kappa shape index (κ1) is 27.7. The summed E-state index contributed by atoms with van der Waals surface area (Å²) < 4.78 is 67.4. The molecule has 4 rings (SSSR count). The van der Waals surface area contributed by atoms with E-state index in [1.165, 1.54) is 48.3 Å². The molecule has 0 saturated heterocycles. The van der Waals surface area contributed by atoms with Crippen LogP contribution in [0.5, 0.6) is 0 Å². The molecule has 200 valence electrons. The smallest absolute Gasteiger partial charge is 0.285 e. The van der Waals surface area contributed by atoms with Crippen molar-refractivity contribution in [3.8, 4) is 0 Å². The van der Waals surface area contributed by atoms with Gasteiger partial charge in [0.25, 0.3) is 10.0 Å². The number of sulfonamides is 2. The SMILES string of the molecule is C[C@H](CS(N)(=O)=O)N/C(=N\S(=O)(=O)c1ccc(Cl)cc1)N1C[C@H](c2ccccc2)C(c2ccc(F)cc2)=N1. The molecule has 0 spiro atoms. The molecule has 3 aromatic carbocycles. The Hall–Kier alpha value is -3.32. The summed E-state index contributed by atoms with van der Waals surface area (Å²) in [6.45, 7) is 1.71. The molecule has 3 N–H and O–H groups in total. The zero-order valence-corrected chi connectivity index (χ0v) is 22.6. The molecular formula is C25H25ClFN5O4S2. The van der Waals surface area contributed by atoms with Crippen molar-refractivity contribution in [2.24, 2.45) is 14.6 Å². The van der Waals surface area contributed by atoms with Crippen molar-refractivity contribution in [3.05, 3.63) is 101 Å². The lowest BCUT2D eigenvalue weighted by atomic mass is 9.91. The van der Waals surface area contributed by atoms with E-state index < -0.39 is 37.7 Å². The maximum atomic E-state index is 13.6. The highest BCUT2D eigenvalue weighted by Crippen LogP contribution is 2.29. The Morgan fingerprint density at radius 2 is 1.71 bits per heavy atom. The predicted octanol–water partition coefficient (Wildman–Crippen LogP) is 3.29. The minimum Gasteiger partial charge on any atom is -0.350 e. The van der Waals surface area contributed by atoms with Crippen molar-refractivity contribution in [1.29, 1.82) is 0 Å². The number of hydrazone groups is 1. The second-order valence-corrected chi connectivity index (χ2v) is 12.5. The number of nitrogens with zero attached hydrogens (tertiary/aromatic N) is 3. The third-order valence-electron chi connectivity index (χ3n) is 5.68. The van der Waals surface area contributed by atoms with Crippen molar-refractivity contribution in [3.63, 3.8) is 0 Å². The summed E-state index contributed by atoms with van der Waals surface area (Å²) in [6, 6.07) is 19.9. The summed E-state index contributed by atoms with van der Waals surface area (Å²) in [7, 11) is -8.12. The fourth-order valence-electron chi connectivity index (χ4n) is 3.99. The van der Waals surface area contributed by atoms with Gasteiger partial charge in [0.05, 0.1) is 22.9 Å². The lowest BCUT2D eigenvalue weighted by molar-refractivity contribution is 0.448. The summed E-state index contributed by atoms with van der Waals surface area (Å²) in [5.41, 5.74) is 2.10. The van der Waals surface area contributed by atoms with E-state index in [0.29, 0.717) is 16.3 Å². The third-order valence-corrected chi connectivity index (χ3v) is 8.17. The highest BCUT2D eigenvalue weighted by Gasteiger charge is 2.33. The van der Waals surface area contributed by atoms with E-state index in [1.54, 1.807) is 12.1 Å². The van der Waals surface area contributed by atoms with Gasteiger partial charge in [-0.25, -0.2) is 23.0 Å². The van der Waals surface area contributed by atoms with Gasteiger partial charge in [-0.3, -0.25) is 0 Å². The van der Waals surface area contributed by atoms with E-state index >= 15 is 0 Å². The molecule has 0 saturated carbocycles. The summed E-state index contributed by atoms with van der Waals surface area (Å²) >= 11 is 5.90. The van der Waals surface area contributed by atoms with Crippen LogP contribution in [0.25, 0.3) is 0 Å². The zero-order chi connectivity index (χ0) is 27.5. The molecule has 38 heavy (non-hydrogen) atoms. The fraction of sp³-hybridized carbons (Fsp3) is 0.200. The second-order valence-electron chi connectivity index (χ2n) is 8.76. The van der Waals surface area contributed by atoms with Gasteiger partial charge < -0.3 is 5.32 Å². The number of rotatable bonds is 7. The molecule has 0 unspecified atom stereocenters. The van der Waals surface area contributed by atoms with Crippen LogP contribution in [0, 0.1) is 5.82 Å². The maximum Gasteiger partial charge on any atom is 0.285 e. The van der Waals surface area contributed by atoms with Gasteiger partial charge in [-0.15, -0.1) is 4.40 Å². The highest BCUT2D eigenvalue weighted by atomic mass is 35.5. The first-order valence-electron chi connectivity index (χ1n) is 11.5. The number of nitrogens with one attached hydrogen (secondary N) is 1. The normalized spacial score (nSPS) is 17.3. The van der Waals surface area contributed by atoms with E-state index in [0.717, 1.165) is 5.56 Å². The van der Waals surface area contributed by atoms with E-state index in [4.69, 9.17) is 16.7 Å². The Morgan fingerprint density at radius 3 is 2.32 bits per heavy atom. The van der Waals surface area contributed by atoms with Gasteiger partial charge >= 0.3 is 0 Å². The van der Waals surface area contributed by atoms with Crippen molar-refractivity contribution in [2.45, 2.75) is 23.8 Å². The molecule has 9 nitrogen and oxygen atoms in total. The molecule has 1 aliphatic heterocycles. The van der Waals surface area contributed by atoms with Crippen LogP contribution in [0.1, 0.15) is 24.0 Å². The topological polar surface area (TPSA) is 134 Å². The molecule has 1 aliphatic rings. The lowest BCUT2D eigenvalue weighted by Gasteiger charge is -2.22. The second kappa shape index (κ2) is 11.2. The monoisotopic (exact) mass is 577 g/mol. The fourth-order valence-corrected chi connectivity index (χ4v) is 5.86. The Labute approximate surface area is 225 Å². The van der Waals surface area contributed by atoms with Gasteiger partial charge in [-0.05, 0) is 54.4 Å². The number of guanidine groups is 1. The molecule has 0 aliphatic carbocycles. The van der Waals surface area contributed by atoms with Gasteiger partial charge in [-0.2, -0.15) is 13.5 Å². The average molecular weight is 578 g/mol. The minimum atomic E-state index is -4.25. The largest absolute Gasteiger partial charge is 0.350 e. The van der Waals surface area contributed by atoms with E-state index in [2.05, 4.69) is 14.8 Å². The van der Waals surface area contributed by atoms with Gasteiger partial charge in [-0.1, -0.05) is 54.1 Å². The molecule has 0 amide bonds. The molecule has 13 heteroatoms. The summed E-state index contributed by atoms with van der Waals surface area (Å²) in [5, 5.41) is 14.4. The first-order chi connectivity index (χ1) is 17.9. The van der Waals surface area contributed by atoms with Crippen LogP contribution >= 0.6 is 11.6 Å². The third kappa shape index (κ3) is 6.95. The van der Waals surface area contributed by atoms with Crippen molar-refractivity contribution >= 4 is 43.3 Å². The number of halogens is 2. The Morgan fingerprint density at radius 1 is 1.08 bits per heavy atom. The van der Waals surface area contributed by atoms with Crippen LogP contribution in [-0.4, -0.2) is 51.9 Å². The molecule has 0 radical (unpaired) electrons. The van der Waals surface area contributed by atoms with Crippen LogP contribution in [0.3, 0.4) is 0 Å². The van der Waals surface area contributed by atoms with E-state index in [1.807, 2.05) is 30.3 Å². The predicted molar refractivity (Wildman–Crippen MR) is 145 cm³/mol. The Bertz CT molecular complexity index is 1560. The van der Waals surface area contributed by atoms with Crippen LogP contribution in [0.4, 0.5) is 4.39 Å². The number of benzene rings is 3. The summed E-state index contributed by atoms with van der Waals surface area (Å²) in [5.74, 6) is -1.39. The highest BCUT2D eigenvalue weighted by molar-refractivity contribution is 7.90. The standard InChI is InChI=1S/C25H25ClFN5O4S2/c1-17(16-37(28,33)34)29-25(31-38(35,36)22-13-9-20(26)10-14-22)32-15-23(18-5-3-2-4-6-18)24(30-32)19-7-11-21(27)12-8-19/h2-14,17,23H,15-16H2,1H3,(H,29,31)(H2,28,33,34)/t17-,23-/m1/s1. The molecule has 3 aromatic rings. The van der Waals surface area contributed by atoms with Crippen LogP contribution < -0.4 is 10.5 Å². The Kier molecular flexibility index (Phi) is 8.16. The van der Waals surface area contributed by atoms with Crippen LogP contribution in [-0.2, 0) is 20.0 Å². The first-order valence-corrected chi connectivity index (χ1v) is 15.0. The molecule has 0 fully saturated rings. The molecule has 2 atom stereocenters. The van der Waals surface area contributed by atoms with Gasteiger partial charge in [0.1, 0.15) is 5.82 Å². The van der Waals surface area contributed by atoms with E-state index in [-0.39, 0.29) is 23.3 Å². The van der Waals surface area contributed by atoms with Gasteiger partial charge in [0, 0.05) is 17.0 Å². The number of nitrogens with two attached hydrogens (primary N) is 1. The zero-order valence-electron chi connectivity index (χ0n) is 20.2. The molecule has 1 heterocycles. The quantitative estimate of drug-likeness (QED) is 0.327. The lowest BCUT2D eigenvalue weighted by Crippen LogP contribution is -2.46. The summed E-state index contributed by atoms with van der Waals surface area (Å²) in [4.78, 5) is -0.109. The number of hydrogen-bond acceptors (Lipinski definition) is 5.